The molecule has 1 saturated heterocycles. The average molecular weight is 184 g/mol. The van der Waals surface area contributed by atoms with Gasteiger partial charge in [-0.15, -0.1) is 0 Å². The zero-order valence-corrected chi connectivity index (χ0v) is 7.16. The van der Waals surface area contributed by atoms with Gasteiger partial charge in [0.1, 0.15) is 5.70 Å². The summed E-state index contributed by atoms with van der Waals surface area (Å²) in [6, 6.07) is -0.555. The Morgan fingerprint density at radius 1 is 1.54 bits per heavy atom. The summed E-state index contributed by atoms with van der Waals surface area (Å²) in [4.78, 5) is 33.7. The van der Waals surface area contributed by atoms with Gasteiger partial charge in [0.2, 0.25) is 0 Å². The number of nitrogens with one attached hydrogen (secondary N) is 1. The van der Waals surface area contributed by atoms with Gasteiger partial charge in [-0.2, -0.15) is 0 Å². The molecule has 1 N–H and O–H groups in total. The number of urea groups is 1. The summed E-state index contributed by atoms with van der Waals surface area (Å²) in [5.74, 6) is -1.27. The lowest BCUT2D eigenvalue weighted by Gasteiger charge is -2.05. The maximum Gasteiger partial charge on any atom is 0.332 e. The van der Waals surface area contributed by atoms with Crippen molar-refractivity contribution in [2.45, 2.75) is 0 Å². The minimum Gasteiger partial charge on any atom is -0.466 e. The lowest BCUT2D eigenvalue weighted by atomic mass is 10.4. The Morgan fingerprint density at radius 3 is 2.54 bits per heavy atom. The quantitative estimate of drug-likeness (QED) is 0.329. The molecule has 0 saturated carbocycles. The summed E-state index contributed by atoms with van der Waals surface area (Å²) < 4.78 is 4.31. The van der Waals surface area contributed by atoms with Gasteiger partial charge in [0.05, 0.1) is 13.2 Å². The van der Waals surface area contributed by atoms with Gasteiger partial charge in [0, 0.05) is 7.05 Å². The number of carbonyl (C=O) groups is 3. The number of esters is 1. The summed E-state index contributed by atoms with van der Waals surface area (Å²) in [6.07, 6.45) is 0.959. The van der Waals surface area contributed by atoms with E-state index in [1.807, 2.05) is 5.32 Å². The molecule has 3 amide bonds. The summed E-state index contributed by atoms with van der Waals surface area (Å²) in [5.41, 5.74) is -0.0168. The fourth-order valence-corrected chi connectivity index (χ4v) is 0.840. The van der Waals surface area contributed by atoms with Gasteiger partial charge in [-0.05, 0) is 0 Å². The molecule has 0 aromatic heterocycles. The van der Waals surface area contributed by atoms with E-state index < -0.39 is 17.9 Å². The number of nitrogens with zero attached hydrogens (tertiary/aromatic N) is 1. The van der Waals surface area contributed by atoms with E-state index in [2.05, 4.69) is 4.74 Å². The van der Waals surface area contributed by atoms with Crippen LogP contribution in [0.25, 0.3) is 0 Å². The van der Waals surface area contributed by atoms with E-state index in [9.17, 15) is 14.4 Å². The topological polar surface area (TPSA) is 75.7 Å². The van der Waals surface area contributed by atoms with Crippen molar-refractivity contribution < 1.29 is 19.1 Å². The molecule has 1 rings (SSSR count). The molecule has 1 aliphatic heterocycles. The smallest absolute Gasteiger partial charge is 0.332 e. The van der Waals surface area contributed by atoms with Crippen molar-refractivity contribution >= 4 is 17.9 Å². The fourth-order valence-electron chi connectivity index (χ4n) is 0.840. The van der Waals surface area contributed by atoms with Gasteiger partial charge < -0.3 is 4.74 Å². The van der Waals surface area contributed by atoms with Crippen LogP contribution in [0.4, 0.5) is 4.79 Å². The number of amides is 3. The largest absolute Gasteiger partial charge is 0.466 e. The Hall–Kier alpha value is -1.85. The van der Waals surface area contributed by atoms with Crippen molar-refractivity contribution in [3.63, 3.8) is 0 Å². The highest BCUT2D eigenvalue weighted by atomic mass is 16.5. The molecule has 0 spiro atoms. The van der Waals surface area contributed by atoms with Crippen LogP contribution in [-0.4, -0.2) is 37.0 Å². The molecule has 13 heavy (non-hydrogen) atoms. The number of carbonyl (C=O) groups excluding carboxylic acids is 3. The minimum absolute atomic E-state index is 0.0168. The van der Waals surface area contributed by atoms with Crippen LogP contribution in [0.1, 0.15) is 0 Å². The summed E-state index contributed by atoms with van der Waals surface area (Å²) in [6.45, 7) is 0. The Morgan fingerprint density at radius 2 is 2.15 bits per heavy atom. The molecular weight excluding hydrogens is 176 g/mol. The van der Waals surface area contributed by atoms with Gasteiger partial charge in [0.25, 0.3) is 5.91 Å². The minimum atomic E-state index is -0.674. The first kappa shape index (κ1) is 9.24. The summed E-state index contributed by atoms with van der Waals surface area (Å²) in [5, 5.41) is 2.02. The van der Waals surface area contributed by atoms with E-state index in [0.717, 1.165) is 11.0 Å². The Kier molecular flexibility index (Phi) is 2.32. The van der Waals surface area contributed by atoms with E-state index in [4.69, 9.17) is 0 Å². The number of likely N-dealkylation sites (N-methyl/N-ethyl adjacent to an activating group) is 1. The Bertz CT molecular complexity index is 308. The SMILES string of the molecule is COC(=O)C=C1C(=O)NC(=O)N1C. The molecule has 0 aromatic carbocycles. The van der Waals surface area contributed by atoms with Crippen molar-refractivity contribution in [3.05, 3.63) is 11.8 Å². The monoisotopic (exact) mass is 184 g/mol. The van der Waals surface area contributed by atoms with Crippen LogP contribution in [0.5, 0.6) is 0 Å². The van der Waals surface area contributed by atoms with Crippen LogP contribution in [0.3, 0.4) is 0 Å². The van der Waals surface area contributed by atoms with Crippen LogP contribution >= 0.6 is 0 Å². The third-order valence-electron chi connectivity index (χ3n) is 1.57. The molecule has 1 heterocycles. The average Bonchev–Trinajstić information content (AvgIpc) is 2.32. The molecule has 0 aromatic rings. The summed E-state index contributed by atoms with van der Waals surface area (Å²) >= 11 is 0. The number of hydrogen-bond donors (Lipinski definition) is 1. The molecule has 70 valence electrons. The van der Waals surface area contributed by atoms with Crippen LogP contribution in [-0.2, 0) is 14.3 Å². The van der Waals surface area contributed by atoms with Crippen LogP contribution in [0.2, 0.25) is 0 Å². The van der Waals surface area contributed by atoms with Crippen molar-refractivity contribution in [2.75, 3.05) is 14.2 Å². The van der Waals surface area contributed by atoms with E-state index in [1.165, 1.54) is 14.2 Å². The molecule has 0 radical (unpaired) electrons. The third-order valence-corrected chi connectivity index (χ3v) is 1.57. The summed E-state index contributed by atoms with van der Waals surface area (Å²) in [7, 11) is 2.57. The third kappa shape index (κ3) is 1.66. The first-order valence-electron chi connectivity index (χ1n) is 3.45. The van der Waals surface area contributed by atoms with Crippen molar-refractivity contribution in [3.8, 4) is 0 Å². The van der Waals surface area contributed by atoms with E-state index in [-0.39, 0.29) is 5.70 Å². The van der Waals surface area contributed by atoms with Gasteiger partial charge in [-0.3, -0.25) is 15.0 Å². The Balaban J connectivity index is 2.91. The number of ether oxygens (including phenoxy) is 1. The zero-order valence-electron chi connectivity index (χ0n) is 7.16. The molecule has 1 aliphatic rings. The molecule has 6 heteroatoms. The molecule has 0 bridgehead atoms. The fraction of sp³-hybridized carbons (Fsp3) is 0.286. The number of rotatable bonds is 1. The zero-order chi connectivity index (χ0) is 10.0. The maximum absolute atomic E-state index is 11.0. The van der Waals surface area contributed by atoms with Crippen LogP contribution < -0.4 is 5.32 Å². The van der Waals surface area contributed by atoms with E-state index >= 15 is 0 Å². The molecule has 0 unspecified atom stereocenters. The van der Waals surface area contributed by atoms with Crippen molar-refractivity contribution in [1.82, 2.24) is 10.2 Å². The normalized spacial score (nSPS) is 19.2. The standard InChI is InChI=1S/C7H8N2O4/c1-9-4(3-5(10)13-2)6(11)8-7(9)12/h3H,1-2H3,(H,8,11,12). The lowest BCUT2D eigenvalue weighted by molar-refractivity contribution is -0.135. The molecular formula is C7H8N2O4. The van der Waals surface area contributed by atoms with Crippen molar-refractivity contribution in [2.24, 2.45) is 0 Å². The predicted octanol–water partition coefficient (Wildman–Crippen LogP) is -0.775. The second-order valence-corrected chi connectivity index (χ2v) is 2.37. The number of imide groups is 1. The van der Waals surface area contributed by atoms with E-state index in [0.29, 0.717) is 0 Å². The molecule has 0 atom stereocenters. The number of hydrogen-bond acceptors (Lipinski definition) is 4. The molecule has 1 fully saturated rings. The highest BCUT2D eigenvalue weighted by molar-refractivity contribution is 6.13. The molecule has 0 aliphatic carbocycles. The van der Waals surface area contributed by atoms with Gasteiger partial charge in [-0.25, -0.2) is 9.59 Å². The van der Waals surface area contributed by atoms with Gasteiger partial charge in [-0.1, -0.05) is 0 Å². The van der Waals surface area contributed by atoms with Gasteiger partial charge in [0.15, 0.2) is 0 Å². The molecule has 6 nitrogen and oxygen atoms in total. The highest BCUT2D eigenvalue weighted by Crippen LogP contribution is 2.09. The Labute approximate surface area is 74.1 Å². The van der Waals surface area contributed by atoms with Crippen molar-refractivity contribution in [1.29, 1.82) is 0 Å². The van der Waals surface area contributed by atoms with E-state index in [1.54, 1.807) is 0 Å². The maximum atomic E-state index is 11.0. The second-order valence-electron chi connectivity index (χ2n) is 2.37. The lowest BCUT2D eigenvalue weighted by Crippen LogP contribution is -2.24. The second kappa shape index (κ2) is 3.26. The van der Waals surface area contributed by atoms with Crippen LogP contribution in [0, 0.1) is 0 Å². The first-order chi connectivity index (χ1) is 6.06. The number of methoxy groups -OCH3 is 1. The first-order valence-corrected chi connectivity index (χ1v) is 3.45. The van der Waals surface area contributed by atoms with Crippen LogP contribution in [0.15, 0.2) is 11.8 Å². The highest BCUT2D eigenvalue weighted by Gasteiger charge is 2.30. The predicted molar refractivity (Wildman–Crippen MR) is 41.4 cm³/mol. The van der Waals surface area contributed by atoms with Gasteiger partial charge >= 0.3 is 12.0 Å².